The van der Waals surface area contributed by atoms with Gasteiger partial charge in [0.2, 0.25) is 11.8 Å². The molecule has 2 amide bonds. The van der Waals surface area contributed by atoms with Gasteiger partial charge in [-0.2, -0.15) is 0 Å². The molecule has 1 aromatic rings. The summed E-state index contributed by atoms with van der Waals surface area (Å²) in [5.41, 5.74) is 1.09. The van der Waals surface area contributed by atoms with Gasteiger partial charge in [-0.15, -0.1) is 0 Å². The van der Waals surface area contributed by atoms with Crippen LogP contribution in [-0.2, 0) is 14.3 Å². The molecule has 2 atom stereocenters. The summed E-state index contributed by atoms with van der Waals surface area (Å²) in [6, 6.07) is 9.95. The molecule has 0 aromatic heterocycles. The standard InChI is InChI=1S/C18H25N3O3/c1-20-12-15(11-17(20)22)18(23)19-16(14-5-3-2-4-6-14)13-21-7-9-24-10-8-21/h2-6,15-16H,7-13H2,1H3,(H,19,23)/t15-,16-/m0/s1. The number of morpholine rings is 1. The van der Waals surface area contributed by atoms with Gasteiger partial charge in [-0.1, -0.05) is 30.3 Å². The topological polar surface area (TPSA) is 61.9 Å². The number of carbonyl (C=O) groups excluding carboxylic acids is 2. The first-order valence-electron chi connectivity index (χ1n) is 8.53. The number of likely N-dealkylation sites (tertiary alicyclic amines) is 1. The molecule has 0 aliphatic carbocycles. The maximum absolute atomic E-state index is 12.6. The number of ether oxygens (including phenoxy) is 1. The largest absolute Gasteiger partial charge is 0.379 e. The fourth-order valence-electron chi connectivity index (χ4n) is 3.29. The number of benzene rings is 1. The number of nitrogens with one attached hydrogen (secondary N) is 1. The Morgan fingerprint density at radius 2 is 2.00 bits per heavy atom. The van der Waals surface area contributed by atoms with E-state index in [9.17, 15) is 9.59 Å². The van der Waals surface area contributed by atoms with E-state index in [0.717, 1.165) is 38.4 Å². The van der Waals surface area contributed by atoms with Gasteiger partial charge in [0.05, 0.1) is 25.2 Å². The maximum Gasteiger partial charge on any atom is 0.225 e. The van der Waals surface area contributed by atoms with Gasteiger partial charge >= 0.3 is 0 Å². The molecule has 0 unspecified atom stereocenters. The maximum atomic E-state index is 12.6. The van der Waals surface area contributed by atoms with E-state index in [-0.39, 0.29) is 23.8 Å². The van der Waals surface area contributed by atoms with Crippen LogP contribution >= 0.6 is 0 Å². The van der Waals surface area contributed by atoms with Crippen LogP contribution in [0.2, 0.25) is 0 Å². The van der Waals surface area contributed by atoms with Crippen LogP contribution in [0.5, 0.6) is 0 Å². The molecular weight excluding hydrogens is 306 g/mol. The quantitative estimate of drug-likeness (QED) is 0.861. The fraction of sp³-hybridized carbons (Fsp3) is 0.556. The third-order valence-electron chi connectivity index (χ3n) is 4.77. The Morgan fingerprint density at radius 1 is 1.29 bits per heavy atom. The third-order valence-corrected chi connectivity index (χ3v) is 4.77. The van der Waals surface area contributed by atoms with Crippen LogP contribution in [0, 0.1) is 5.92 Å². The second-order valence-electron chi connectivity index (χ2n) is 6.56. The van der Waals surface area contributed by atoms with Crippen molar-refractivity contribution in [2.24, 2.45) is 5.92 Å². The Hall–Kier alpha value is -1.92. The van der Waals surface area contributed by atoms with Crippen molar-refractivity contribution in [3.8, 4) is 0 Å². The first kappa shape index (κ1) is 16.9. The van der Waals surface area contributed by atoms with Crippen LogP contribution in [0.4, 0.5) is 0 Å². The normalized spacial score (nSPS) is 23.3. The van der Waals surface area contributed by atoms with E-state index in [4.69, 9.17) is 4.74 Å². The molecule has 6 heteroatoms. The first-order chi connectivity index (χ1) is 11.6. The molecule has 2 fully saturated rings. The number of amides is 2. The van der Waals surface area contributed by atoms with Gasteiger partial charge in [-0.25, -0.2) is 0 Å². The number of rotatable bonds is 5. The van der Waals surface area contributed by atoms with Gasteiger partial charge in [-0.3, -0.25) is 14.5 Å². The molecule has 2 heterocycles. The predicted molar refractivity (Wildman–Crippen MR) is 90.3 cm³/mol. The Kier molecular flexibility index (Phi) is 5.48. The molecule has 130 valence electrons. The molecule has 1 N–H and O–H groups in total. The Balaban J connectivity index is 1.67. The van der Waals surface area contributed by atoms with E-state index in [1.54, 1.807) is 11.9 Å². The van der Waals surface area contributed by atoms with Gasteiger partial charge in [0.25, 0.3) is 0 Å². The highest BCUT2D eigenvalue weighted by Crippen LogP contribution is 2.20. The minimum absolute atomic E-state index is 0.0326. The van der Waals surface area contributed by atoms with E-state index in [1.165, 1.54) is 0 Å². The lowest BCUT2D eigenvalue weighted by Crippen LogP contribution is -2.44. The number of hydrogen-bond donors (Lipinski definition) is 1. The predicted octanol–water partition coefficient (Wildman–Crippen LogP) is 0.654. The number of nitrogens with zero attached hydrogens (tertiary/aromatic N) is 2. The van der Waals surface area contributed by atoms with Crippen molar-refractivity contribution in [2.75, 3.05) is 46.4 Å². The van der Waals surface area contributed by atoms with Crippen molar-refractivity contribution in [1.82, 2.24) is 15.1 Å². The van der Waals surface area contributed by atoms with E-state index >= 15 is 0 Å². The first-order valence-corrected chi connectivity index (χ1v) is 8.53. The van der Waals surface area contributed by atoms with Crippen LogP contribution in [0.3, 0.4) is 0 Å². The van der Waals surface area contributed by atoms with Crippen molar-refractivity contribution in [3.05, 3.63) is 35.9 Å². The zero-order chi connectivity index (χ0) is 16.9. The Bertz CT molecular complexity index is 572. The second-order valence-corrected chi connectivity index (χ2v) is 6.56. The summed E-state index contributed by atoms with van der Waals surface area (Å²) < 4.78 is 5.40. The minimum atomic E-state index is -0.251. The van der Waals surface area contributed by atoms with Crippen LogP contribution in [0.1, 0.15) is 18.0 Å². The lowest BCUT2D eigenvalue weighted by atomic mass is 10.0. The lowest BCUT2D eigenvalue weighted by Gasteiger charge is -2.31. The summed E-state index contributed by atoms with van der Waals surface area (Å²) in [6.45, 7) is 4.49. The van der Waals surface area contributed by atoms with Crippen LogP contribution < -0.4 is 5.32 Å². The molecule has 0 radical (unpaired) electrons. The van der Waals surface area contributed by atoms with Crippen LogP contribution in [0.15, 0.2) is 30.3 Å². The zero-order valence-corrected chi connectivity index (χ0v) is 14.1. The second kappa shape index (κ2) is 7.77. The Labute approximate surface area is 142 Å². The van der Waals surface area contributed by atoms with Crippen LogP contribution in [-0.4, -0.2) is 68.1 Å². The zero-order valence-electron chi connectivity index (χ0n) is 14.1. The highest BCUT2D eigenvalue weighted by atomic mass is 16.5. The van der Waals surface area contributed by atoms with Gasteiger partial charge < -0.3 is 15.0 Å². The SMILES string of the molecule is CN1C[C@@H](C(=O)N[C@@H](CN2CCOCC2)c2ccccc2)CC1=O. The van der Waals surface area contributed by atoms with Crippen molar-refractivity contribution in [3.63, 3.8) is 0 Å². The lowest BCUT2D eigenvalue weighted by molar-refractivity contribution is -0.128. The highest BCUT2D eigenvalue weighted by molar-refractivity contribution is 5.89. The average Bonchev–Trinajstić information content (AvgIpc) is 2.95. The summed E-state index contributed by atoms with van der Waals surface area (Å²) in [6.07, 6.45) is 0.307. The summed E-state index contributed by atoms with van der Waals surface area (Å²) >= 11 is 0. The van der Waals surface area contributed by atoms with Gasteiger partial charge in [0.1, 0.15) is 0 Å². The van der Waals surface area contributed by atoms with Crippen molar-refractivity contribution in [2.45, 2.75) is 12.5 Å². The summed E-state index contributed by atoms with van der Waals surface area (Å²) in [5.74, 6) is -0.243. The average molecular weight is 331 g/mol. The highest BCUT2D eigenvalue weighted by Gasteiger charge is 2.33. The molecular formula is C18H25N3O3. The molecule has 0 bridgehead atoms. The fourth-order valence-corrected chi connectivity index (χ4v) is 3.29. The van der Waals surface area contributed by atoms with Gasteiger partial charge in [0, 0.05) is 39.6 Å². The molecule has 3 rings (SSSR count). The molecule has 2 aliphatic rings. The summed E-state index contributed by atoms with van der Waals surface area (Å²) in [4.78, 5) is 28.3. The van der Waals surface area contributed by atoms with Gasteiger partial charge in [-0.05, 0) is 5.56 Å². The molecule has 2 aliphatic heterocycles. The summed E-state index contributed by atoms with van der Waals surface area (Å²) in [5, 5.41) is 3.16. The van der Waals surface area contributed by atoms with E-state index in [2.05, 4.69) is 10.2 Å². The smallest absolute Gasteiger partial charge is 0.225 e. The molecule has 24 heavy (non-hydrogen) atoms. The molecule has 6 nitrogen and oxygen atoms in total. The third kappa shape index (κ3) is 4.13. The van der Waals surface area contributed by atoms with Crippen molar-refractivity contribution >= 4 is 11.8 Å². The summed E-state index contributed by atoms with van der Waals surface area (Å²) in [7, 11) is 1.75. The molecule has 0 saturated carbocycles. The number of hydrogen-bond acceptors (Lipinski definition) is 4. The Morgan fingerprint density at radius 3 is 2.62 bits per heavy atom. The monoisotopic (exact) mass is 331 g/mol. The van der Waals surface area contributed by atoms with Gasteiger partial charge in [0.15, 0.2) is 0 Å². The molecule has 1 aromatic carbocycles. The molecule has 2 saturated heterocycles. The van der Waals surface area contributed by atoms with E-state index < -0.39 is 0 Å². The van der Waals surface area contributed by atoms with E-state index in [1.807, 2.05) is 30.3 Å². The number of carbonyl (C=O) groups is 2. The van der Waals surface area contributed by atoms with E-state index in [0.29, 0.717) is 13.0 Å². The van der Waals surface area contributed by atoms with Crippen LogP contribution in [0.25, 0.3) is 0 Å². The minimum Gasteiger partial charge on any atom is -0.379 e. The van der Waals surface area contributed by atoms with Crippen molar-refractivity contribution in [1.29, 1.82) is 0 Å². The molecule has 0 spiro atoms. The van der Waals surface area contributed by atoms with Crippen molar-refractivity contribution < 1.29 is 14.3 Å².